The first-order chi connectivity index (χ1) is 19.7. The number of rotatable bonds is 8. The summed E-state index contributed by atoms with van der Waals surface area (Å²) in [5, 5.41) is 19.6. The number of hydrogen-bond donors (Lipinski definition) is 6. The first-order valence-electron chi connectivity index (χ1n) is 13.7. The van der Waals surface area contributed by atoms with Crippen LogP contribution in [0.15, 0.2) is 66.7 Å². The maximum Gasteiger partial charge on any atom is 0.243 e. The molecule has 1 unspecified atom stereocenters. The zero-order chi connectivity index (χ0) is 29.1. The van der Waals surface area contributed by atoms with Crippen LogP contribution in [0, 0.1) is 13.8 Å². The summed E-state index contributed by atoms with van der Waals surface area (Å²) in [5.41, 5.74) is 12.4. The van der Waals surface area contributed by atoms with E-state index in [1.165, 1.54) is 0 Å². The molecule has 0 fully saturated rings. The van der Waals surface area contributed by atoms with Crippen molar-refractivity contribution in [3.63, 3.8) is 0 Å². The van der Waals surface area contributed by atoms with Gasteiger partial charge in [-0.2, -0.15) is 0 Å². The van der Waals surface area contributed by atoms with Crippen molar-refractivity contribution in [2.75, 3.05) is 0 Å². The Kier molecular flexibility index (Phi) is 8.07. The number of H-pyrrole nitrogens is 1. The molecule has 5 rings (SSSR count). The van der Waals surface area contributed by atoms with Crippen molar-refractivity contribution in [3.8, 4) is 5.75 Å². The predicted molar refractivity (Wildman–Crippen MR) is 157 cm³/mol. The van der Waals surface area contributed by atoms with E-state index in [9.17, 15) is 19.5 Å². The minimum atomic E-state index is -0.894. The summed E-state index contributed by atoms with van der Waals surface area (Å²) in [5.74, 6) is -0.864. The second kappa shape index (κ2) is 11.9. The molecule has 1 aromatic heterocycles. The smallest absolute Gasteiger partial charge is 0.243 e. The van der Waals surface area contributed by atoms with Crippen molar-refractivity contribution in [2.45, 2.75) is 57.8 Å². The lowest BCUT2D eigenvalue weighted by molar-refractivity contribution is -0.130. The first-order valence-corrected chi connectivity index (χ1v) is 13.7. The number of aromatic nitrogens is 1. The Bertz CT molecular complexity index is 1570. The summed E-state index contributed by atoms with van der Waals surface area (Å²) >= 11 is 0. The normalized spacial score (nSPS) is 17.3. The summed E-state index contributed by atoms with van der Waals surface area (Å²) < 4.78 is 0. The standard InChI is InChI=1S/C32H35N5O4/c1-18-12-21(38)13-19(2)23(18)14-25(33)31(40)37-28-15-24-22-10-6-7-11-26(22)35-30(24)27(36-32(28)41)16-29(39)34-17-20-8-4-3-5-9-20/h3-13,25,27-28,35,38H,14-17,33H2,1-2H3,(H,34,39)(H,36,41)(H,37,40)/t25-,27?,28-/m0/s1. The van der Waals surface area contributed by atoms with Gasteiger partial charge < -0.3 is 31.8 Å². The van der Waals surface area contributed by atoms with Gasteiger partial charge in [0, 0.05) is 29.6 Å². The number of carbonyl (C=O) groups excluding carboxylic acids is 3. The third-order valence-electron chi connectivity index (χ3n) is 7.72. The van der Waals surface area contributed by atoms with Crippen LogP contribution in [-0.2, 0) is 33.8 Å². The summed E-state index contributed by atoms with van der Waals surface area (Å²) in [6.07, 6.45) is 0.557. The number of nitrogens with one attached hydrogen (secondary N) is 4. The van der Waals surface area contributed by atoms with Gasteiger partial charge in [-0.05, 0) is 66.3 Å². The Morgan fingerprint density at radius 3 is 2.46 bits per heavy atom. The number of para-hydroxylation sites is 1. The molecular formula is C32H35N5O4. The molecule has 0 saturated carbocycles. The first kappa shape index (κ1) is 27.9. The molecule has 4 aromatic rings. The molecule has 7 N–H and O–H groups in total. The molecule has 0 radical (unpaired) electrons. The maximum absolute atomic E-state index is 13.4. The van der Waals surface area contributed by atoms with Crippen LogP contribution >= 0.6 is 0 Å². The van der Waals surface area contributed by atoms with Crippen LogP contribution in [0.25, 0.3) is 10.9 Å². The largest absolute Gasteiger partial charge is 0.508 e. The Hall–Kier alpha value is -4.63. The molecule has 0 bridgehead atoms. The van der Waals surface area contributed by atoms with Crippen LogP contribution in [0.3, 0.4) is 0 Å². The number of aromatic hydroxyl groups is 1. The highest BCUT2D eigenvalue weighted by atomic mass is 16.3. The number of aryl methyl sites for hydroxylation is 2. The number of phenols is 1. The van der Waals surface area contributed by atoms with Gasteiger partial charge in [-0.15, -0.1) is 0 Å². The zero-order valence-corrected chi connectivity index (χ0v) is 23.2. The highest BCUT2D eigenvalue weighted by molar-refractivity contribution is 5.93. The monoisotopic (exact) mass is 553 g/mol. The summed E-state index contributed by atoms with van der Waals surface area (Å²) in [4.78, 5) is 43.0. The summed E-state index contributed by atoms with van der Waals surface area (Å²) in [6.45, 7) is 4.11. The van der Waals surface area contributed by atoms with E-state index < -0.39 is 24.0 Å². The van der Waals surface area contributed by atoms with Crippen molar-refractivity contribution in [2.24, 2.45) is 5.73 Å². The third kappa shape index (κ3) is 6.25. The lowest BCUT2D eigenvalue weighted by Crippen LogP contribution is -2.52. The van der Waals surface area contributed by atoms with Gasteiger partial charge >= 0.3 is 0 Å². The fourth-order valence-electron chi connectivity index (χ4n) is 5.59. The van der Waals surface area contributed by atoms with Crippen molar-refractivity contribution >= 4 is 28.6 Å². The van der Waals surface area contributed by atoms with E-state index in [-0.39, 0.29) is 36.8 Å². The molecule has 1 aliphatic heterocycles. The van der Waals surface area contributed by atoms with E-state index in [2.05, 4.69) is 20.9 Å². The van der Waals surface area contributed by atoms with Gasteiger partial charge in [0.05, 0.1) is 18.5 Å². The van der Waals surface area contributed by atoms with Crippen LogP contribution < -0.4 is 21.7 Å². The van der Waals surface area contributed by atoms with E-state index in [4.69, 9.17) is 5.73 Å². The van der Waals surface area contributed by atoms with Gasteiger partial charge in [-0.3, -0.25) is 14.4 Å². The average Bonchev–Trinajstić information content (AvgIpc) is 3.26. The van der Waals surface area contributed by atoms with Gasteiger partial charge in [0.1, 0.15) is 11.8 Å². The fourth-order valence-corrected chi connectivity index (χ4v) is 5.59. The number of carbonyl (C=O) groups is 3. The molecule has 9 nitrogen and oxygen atoms in total. The van der Waals surface area contributed by atoms with E-state index in [1.54, 1.807) is 12.1 Å². The molecule has 3 aromatic carbocycles. The number of amides is 3. The van der Waals surface area contributed by atoms with Crippen LogP contribution in [-0.4, -0.2) is 39.9 Å². The highest BCUT2D eigenvalue weighted by Crippen LogP contribution is 2.32. The molecule has 212 valence electrons. The van der Waals surface area contributed by atoms with Crippen molar-refractivity contribution in [3.05, 3.63) is 100 Å². The van der Waals surface area contributed by atoms with E-state index in [0.29, 0.717) is 6.54 Å². The predicted octanol–water partition coefficient (Wildman–Crippen LogP) is 2.97. The Morgan fingerprint density at radius 1 is 1.05 bits per heavy atom. The van der Waals surface area contributed by atoms with Crippen LogP contribution in [0.4, 0.5) is 0 Å². The van der Waals surface area contributed by atoms with Crippen molar-refractivity contribution in [1.29, 1.82) is 0 Å². The number of hydrogen-bond acceptors (Lipinski definition) is 5. The van der Waals surface area contributed by atoms with Gasteiger partial charge in [-0.25, -0.2) is 0 Å². The highest BCUT2D eigenvalue weighted by Gasteiger charge is 2.34. The molecule has 0 saturated heterocycles. The molecule has 41 heavy (non-hydrogen) atoms. The lowest BCUT2D eigenvalue weighted by atomic mass is 9.95. The van der Waals surface area contributed by atoms with E-state index in [0.717, 1.165) is 44.4 Å². The van der Waals surface area contributed by atoms with Gasteiger partial charge in [0.15, 0.2) is 0 Å². The molecule has 2 heterocycles. The quantitative estimate of drug-likeness (QED) is 0.198. The van der Waals surface area contributed by atoms with E-state index >= 15 is 0 Å². The summed E-state index contributed by atoms with van der Waals surface area (Å²) in [6, 6.07) is 18.3. The van der Waals surface area contributed by atoms with Crippen LogP contribution in [0.2, 0.25) is 0 Å². The van der Waals surface area contributed by atoms with Gasteiger partial charge in [0.25, 0.3) is 0 Å². The number of aromatic amines is 1. The lowest BCUT2D eigenvalue weighted by Gasteiger charge is -2.21. The Morgan fingerprint density at radius 2 is 1.73 bits per heavy atom. The Labute approximate surface area is 238 Å². The molecule has 3 amide bonds. The molecule has 0 spiro atoms. The molecular weight excluding hydrogens is 518 g/mol. The van der Waals surface area contributed by atoms with Crippen LogP contribution in [0.1, 0.15) is 46.0 Å². The topological polar surface area (TPSA) is 149 Å². The van der Waals surface area contributed by atoms with Crippen LogP contribution in [0.5, 0.6) is 5.75 Å². The number of fused-ring (bicyclic) bond motifs is 3. The van der Waals surface area contributed by atoms with Crippen molar-refractivity contribution < 1.29 is 19.5 Å². The SMILES string of the molecule is Cc1cc(O)cc(C)c1C[C@H](N)C(=O)N[C@H]1Cc2c([nH]c3ccccc23)C(CC(=O)NCc2ccccc2)NC1=O. The second-order valence-electron chi connectivity index (χ2n) is 10.7. The fraction of sp³-hybridized carbons (Fsp3) is 0.281. The molecule has 3 atom stereocenters. The minimum absolute atomic E-state index is 0.0397. The average molecular weight is 554 g/mol. The van der Waals surface area contributed by atoms with Crippen molar-refractivity contribution in [1.82, 2.24) is 20.9 Å². The van der Waals surface area contributed by atoms with Gasteiger partial charge in [0.2, 0.25) is 17.7 Å². The number of benzene rings is 3. The second-order valence-corrected chi connectivity index (χ2v) is 10.7. The summed E-state index contributed by atoms with van der Waals surface area (Å²) in [7, 11) is 0. The Balaban J connectivity index is 1.34. The third-order valence-corrected chi connectivity index (χ3v) is 7.72. The zero-order valence-electron chi connectivity index (χ0n) is 23.2. The minimum Gasteiger partial charge on any atom is -0.508 e. The van der Waals surface area contributed by atoms with Gasteiger partial charge in [-0.1, -0.05) is 48.5 Å². The number of phenolic OH excluding ortho intramolecular Hbond substituents is 1. The maximum atomic E-state index is 13.4. The molecule has 1 aliphatic rings. The molecule has 0 aliphatic carbocycles. The molecule has 9 heteroatoms. The number of nitrogens with two attached hydrogens (primary N) is 1. The van der Waals surface area contributed by atoms with E-state index in [1.807, 2.05) is 68.4 Å².